The quantitative estimate of drug-likeness (QED) is 0.508. The van der Waals surface area contributed by atoms with E-state index in [1.54, 1.807) is 36.4 Å². The predicted octanol–water partition coefficient (Wildman–Crippen LogP) is 3.17. The van der Waals surface area contributed by atoms with Crippen molar-refractivity contribution >= 4 is 28.8 Å². The highest BCUT2D eigenvalue weighted by Gasteiger charge is 2.18. The van der Waals surface area contributed by atoms with Crippen LogP contribution in [0, 0.1) is 0 Å². The number of aryl methyl sites for hydroxylation is 1. The van der Waals surface area contributed by atoms with E-state index < -0.39 is 17.9 Å². The first-order valence-electron chi connectivity index (χ1n) is 8.26. The van der Waals surface area contributed by atoms with Crippen molar-refractivity contribution in [1.29, 1.82) is 0 Å². The van der Waals surface area contributed by atoms with Gasteiger partial charge in [-0.3, -0.25) is 4.79 Å². The molecule has 0 atom stereocenters. The Morgan fingerprint density at radius 3 is 2.33 bits per heavy atom. The number of aromatic carboxylic acids is 2. The smallest absolute Gasteiger partial charge is 0.352 e. The monoisotopic (exact) mass is 367 g/mol. The molecule has 7 heteroatoms. The van der Waals surface area contributed by atoms with Crippen molar-refractivity contribution in [3.8, 4) is 0 Å². The molecule has 0 aliphatic carbocycles. The number of carboxylic acids is 3. The van der Waals surface area contributed by atoms with Crippen molar-refractivity contribution in [2.24, 2.45) is 0 Å². The summed E-state index contributed by atoms with van der Waals surface area (Å²) in [5.74, 6) is -3.15. The molecule has 1 aromatic heterocycles. The number of hydrogen-bond donors (Lipinski definition) is 4. The molecule has 0 spiro atoms. The zero-order chi connectivity index (χ0) is 19.6. The molecular weight excluding hydrogens is 350 g/mol. The van der Waals surface area contributed by atoms with Crippen LogP contribution in [0.3, 0.4) is 0 Å². The van der Waals surface area contributed by atoms with E-state index in [2.05, 4.69) is 4.98 Å². The van der Waals surface area contributed by atoms with Gasteiger partial charge in [0.1, 0.15) is 5.69 Å². The van der Waals surface area contributed by atoms with E-state index in [0.29, 0.717) is 28.5 Å². The topological polar surface area (TPSA) is 128 Å². The van der Waals surface area contributed by atoms with E-state index in [1.165, 1.54) is 6.07 Å². The van der Waals surface area contributed by atoms with Crippen LogP contribution in [0.2, 0.25) is 0 Å². The van der Waals surface area contributed by atoms with Crippen molar-refractivity contribution in [3.05, 3.63) is 70.4 Å². The molecule has 2 aromatic carbocycles. The molecule has 3 aromatic rings. The van der Waals surface area contributed by atoms with Crippen LogP contribution in [-0.2, 0) is 17.6 Å². The Kier molecular flexibility index (Phi) is 4.94. The summed E-state index contributed by atoms with van der Waals surface area (Å²) in [7, 11) is 0. The highest BCUT2D eigenvalue weighted by Crippen LogP contribution is 2.26. The van der Waals surface area contributed by atoms with Gasteiger partial charge < -0.3 is 20.3 Å². The lowest BCUT2D eigenvalue weighted by molar-refractivity contribution is -0.136. The second-order valence-electron chi connectivity index (χ2n) is 6.20. The standard InChI is InChI=1S/C20H17NO6/c22-17(23)8-7-15-14-6-5-11(10-16(14)21-18(15)20(26)27)9-12-3-1-2-4-13(12)19(24)25/h1-6,10,21H,7-9H2,(H,22,23)(H,24,25)(H,26,27). The predicted molar refractivity (Wildman–Crippen MR) is 97.4 cm³/mol. The third-order valence-electron chi connectivity index (χ3n) is 4.42. The lowest BCUT2D eigenvalue weighted by Gasteiger charge is -2.06. The van der Waals surface area contributed by atoms with Crippen LogP contribution < -0.4 is 0 Å². The molecule has 0 aliphatic heterocycles. The largest absolute Gasteiger partial charge is 0.481 e. The molecule has 27 heavy (non-hydrogen) atoms. The highest BCUT2D eigenvalue weighted by atomic mass is 16.4. The first-order chi connectivity index (χ1) is 12.9. The Hall–Kier alpha value is -3.61. The summed E-state index contributed by atoms with van der Waals surface area (Å²) in [6.07, 6.45) is 0.323. The molecule has 3 rings (SSSR count). The maximum absolute atomic E-state index is 11.5. The lowest BCUT2D eigenvalue weighted by atomic mass is 9.98. The van der Waals surface area contributed by atoms with Crippen LogP contribution in [-0.4, -0.2) is 38.2 Å². The third kappa shape index (κ3) is 3.82. The number of carboxylic acid groups (broad SMARTS) is 3. The van der Waals surface area contributed by atoms with Gasteiger partial charge in [0.2, 0.25) is 0 Å². The van der Waals surface area contributed by atoms with E-state index in [1.807, 2.05) is 0 Å². The number of aliphatic carboxylic acids is 1. The minimum Gasteiger partial charge on any atom is -0.481 e. The highest BCUT2D eigenvalue weighted by molar-refractivity contribution is 5.98. The van der Waals surface area contributed by atoms with Gasteiger partial charge >= 0.3 is 17.9 Å². The molecule has 0 bridgehead atoms. The van der Waals surface area contributed by atoms with Crippen molar-refractivity contribution < 1.29 is 29.7 Å². The molecule has 0 unspecified atom stereocenters. The van der Waals surface area contributed by atoms with E-state index >= 15 is 0 Å². The normalized spacial score (nSPS) is 10.8. The Morgan fingerprint density at radius 1 is 0.926 bits per heavy atom. The van der Waals surface area contributed by atoms with Crippen molar-refractivity contribution in [3.63, 3.8) is 0 Å². The fourth-order valence-corrected chi connectivity index (χ4v) is 3.19. The maximum atomic E-state index is 11.5. The summed E-state index contributed by atoms with van der Waals surface area (Å²) in [4.78, 5) is 36.5. The Balaban J connectivity index is 2.00. The first-order valence-corrected chi connectivity index (χ1v) is 8.26. The second-order valence-corrected chi connectivity index (χ2v) is 6.20. The van der Waals surface area contributed by atoms with Crippen LogP contribution in [0.5, 0.6) is 0 Å². The average Bonchev–Trinajstić information content (AvgIpc) is 2.98. The van der Waals surface area contributed by atoms with Crippen LogP contribution in [0.15, 0.2) is 42.5 Å². The minimum atomic E-state index is -1.15. The van der Waals surface area contributed by atoms with Gasteiger partial charge in [0, 0.05) is 17.3 Å². The molecule has 0 aliphatic rings. The SMILES string of the molecule is O=C(O)CCc1c(C(=O)O)[nH]c2cc(Cc3ccccc3C(=O)O)ccc12. The van der Waals surface area contributed by atoms with Gasteiger partial charge in [-0.15, -0.1) is 0 Å². The number of H-pyrrole nitrogens is 1. The van der Waals surface area contributed by atoms with Crippen molar-refractivity contribution in [1.82, 2.24) is 4.98 Å². The van der Waals surface area contributed by atoms with Gasteiger partial charge in [0.15, 0.2) is 0 Å². The third-order valence-corrected chi connectivity index (χ3v) is 4.42. The van der Waals surface area contributed by atoms with Crippen LogP contribution in [0.1, 0.15) is 44.0 Å². The van der Waals surface area contributed by atoms with Gasteiger partial charge in [0.25, 0.3) is 0 Å². The Bertz CT molecular complexity index is 1050. The minimum absolute atomic E-state index is 0.0191. The number of carbonyl (C=O) groups is 3. The Morgan fingerprint density at radius 2 is 1.67 bits per heavy atom. The lowest BCUT2D eigenvalue weighted by Crippen LogP contribution is -2.04. The molecular formula is C20H17NO6. The van der Waals surface area contributed by atoms with Gasteiger partial charge in [-0.1, -0.05) is 30.3 Å². The molecule has 138 valence electrons. The van der Waals surface area contributed by atoms with Gasteiger partial charge in [-0.2, -0.15) is 0 Å². The summed E-state index contributed by atoms with van der Waals surface area (Å²) < 4.78 is 0. The number of nitrogens with one attached hydrogen (secondary N) is 1. The van der Waals surface area contributed by atoms with Crippen LogP contribution in [0.4, 0.5) is 0 Å². The number of aromatic amines is 1. The molecule has 0 saturated heterocycles. The van der Waals surface area contributed by atoms with Crippen molar-refractivity contribution in [2.75, 3.05) is 0 Å². The van der Waals surface area contributed by atoms with E-state index in [0.717, 1.165) is 5.56 Å². The van der Waals surface area contributed by atoms with E-state index in [9.17, 15) is 24.6 Å². The maximum Gasteiger partial charge on any atom is 0.352 e. The summed E-state index contributed by atoms with van der Waals surface area (Å²) in [6.45, 7) is 0. The molecule has 0 amide bonds. The first kappa shape index (κ1) is 18.2. The summed E-state index contributed by atoms with van der Waals surface area (Å²) in [5, 5.41) is 28.2. The number of benzene rings is 2. The van der Waals surface area contributed by atoms with E-state index in [4.69, 9.17) is 5.11 Å². The molecule has 4 N–H and O–H groups in total. The zero-order valence-electron chi connectivity index (χ0n) is 14.2. The van der Waals surface area contributed by atoms with Gasteiger partial charge in [0.05, 0.1) is 5.56 Å². The molecule has 7 nitrogen and oxygen atoms in total. The number of fused-ring (bicyclic) bond motifs is 1. The van der Waals surface area contributed by atoms with Crippen LogP contribution >= 0.6 is 0 Å². The average molecular weight is 367 g/mol. The Labute approximate surface area is 153 Å². The van der Waals surface area contributed by atoms with E-state index in [-0.39, 0.29) is 24.1 Å². The number of hydrogen-bond acceptors (Lipinski definition) is 3. The fourth-order valence-electron chi connectivity index (χ4n) is 3.19. The molecule has 1 heterocycles. The van der Waals surface area contributed by atoms with Gasteiger partial charge in [-0.25, -0.2) is 9.59 Å². The second kappa shape index (κ2) is 7.33. The molecule has 0 fully saturated rings. The summed E-state index contributed by atoms with van der Waals surface area (Å²) >= 11 is 0. The number of rotatable bonds is 7. The van der Waals surface area contributed by atoms with Crippen molar-refractivity contribution in [2.45, 2.75) is 19.3 Å². The number of aromatic nitrogens is 1. The molecule has 0 saturated carbocycles. The molecule has 0 radical (unpaired) electrons. The van der Waals surface area contributed by atoms with Gasteiger partial charge in [-0.05, 0) is 41.7 Å². The van der Waals surface area contributed by atoms with Crippen LogP contribution in [0.25, 0.3) is 10.9 Å². The zero-order valence-corrected chi connectivity index (χ0v) is 14.2. The fraction of sp³-hybridized carbons (Fsp3) is 0.150. The summed E-state index contributed by atoms with van der Waals surface area (Å²) in [5.41, 5.74) is 2.71. The summed E-state index contributed by atoms with van der Waals surface area (Å²) in [6, 6.07) is 12.0.